The molecule has 38 heavy (non-hydrogen) atoms. The molecule has 0 aliphatic heterocycles. The second-order valence-corrected chi connectivity index (χ2v) is 11.3. The number of nitrogens with one attached hydrogen (secondary N) is 4. The summed E-state index contributed by atoms with van der Waals surface area (Å²) in [6.07, 6.45) is 12.4. The van der Waals surface area contributed by atoms with Crippen LogP contribution < -0.4 is 27.0 Å². The van der Waals surface area contributed by atoms with Crippen LogP contribution in [0.1, 0.15) is 98.8 Å². The van der Waals surface area contributed by atoms with E-state index in [9.17, 15) is 24.0 Å². The number of rotatable bonds is 22. The molecular weight excluding hydrogens is 506 g/mol. The smallest absolute Gasteiger partial charge is 0.244 e. The van der Waals surface area contributed by atoms with Gasteiger partial charge in [-0.15, -0.1) is 0 Å². The molecule has 220 valence electrons. The van der Waals surface area contributed by atoms with Crippen LogP contribution in [0.2, 0.25) is 0 Å². The fraction of sp³-hybridized carbons (Fsp3) is 0.815. The summed E-state index contributed by atoms with van der Waals surface area (Å²) in [5.74, 6) is -1.64. The van der Waals surface area contributed by atoms with Crippen LogP contribution in [-0.4, -0.2) is 65.7 Å². The van der Waals surface area contributed by atoms with Crippen molar-refractivity contribution in [3.63, 3.8) is 0 Å². The predicted octanol–water partition coefficient (Wildman–Crippen LogP) is 2.39. The number of carbonyl (C=O) groups is 5. The summed E-state index contributed by atoms with van der Waals surface area (Å²) in [6.45, 7) is 8.29. The molecule has 0 aliphatic carbocycles. The van der Waals surface area contributed by atoms with Crippen molar-refractivity contribution in [2.24, 2.45) is 11.7 Å². The lowest BCUT2D eigenvalue weighted by molar-refractivity contribution is -0.133. The maximum absolute atomic E-state index is 13.1. The van der Waals surface area contributed by atoms with Crippen LogP contribution in [0.15, 0.2) is 0 Å². The van der Waals surface area contributed by atoms with Gasteiger partial charge in [-0.1, -0.05) is 78.6 Å². The molecule has 0 saturated carbocycles. The molecular formula is C27H51N5O5S. The number of amides is 5. The molecule has 11 heteroatoms. The molecule has 0 spiro atoms. The number of nitrogens with two attached hydrogens (primary N) is 1. The standard InChI is InChI=1S/C27H51N5O5S/c1-6-7-8-9-10-11-12-13-14-15-16-38-18-22(31-23(34)17-29-21(5)33)26(36)32-24(19(2)3)27(37)30-20(4)25(28)35/h19-20,22,24H,6-18H2,1-5H3,(H2,28,35)(H,29,33)(H,30,37)(H,31,34)(H,32,36)/t20-,22-,24-/m1/s1. The zero-order chi connectivity index (χ0) is 28.9. The Kier molecular flexibility index (Phi) is 20.3. The molecule has 0 rings (SSSR count). The van der Waals surface area contributed by atoms with Crippen LogP contribution in [0.4, 0.5) is 0 Å². The quantitative estimate of drug-likeness (QED) is 0.129. The summed E-state index contributed by atoms with van der Waals surface area (Å²) >= 11 is 1.57. The van der Waals surface area contributed by atoms with Gasteiger partial charge in [0.15, 0.2) is 0 Å². The SMILES string of the molecule is CCCCCCCCCCCCSC[C@@H](NC(=O)CNC(C)=O)C(=O)N[C@@H](C(=O)N[C@H](C)C(N)=O)C(C)C. The monoisotopic (exact) mass is 557 g/mol. The van der Waals surface area contributed by atoms with E-state index in [4.69, 9.17) is 5.73 Å². The molecule has 0 unspecified atom stereocenters. The van der Waals surface area contributed by atoms with Crippen molar-refractivity contribution < 1.29 is 24.0 Å². The third-order valence-electron chi connectivity index (χ3n) is 6.11. The van der Waals surface area contributed by atoms with E-state index in [1.165, 1.54) is 65.2 Å². The van der Waals surface area contributed by atoms with Crippen LogP contribution in [0, 0.1) is 5.92 Å². The molecule has 0 bridgehead atoms. The summed E-state index contributed by atoms with van der Waals surface area (Å²) in [5.41, 5.74) is 5.23. The number of thioether (sulfide) groups is 1. The van der Waals surface area contributed by atoms with Gasteiger partial charge in [-0.25, -0.2) is 0 Å². The lowest BCUT2D eigenvalue weighted by Crippen LogP contribution is -2.58. The van der Waals surface area contributed by atoms with Crippen LogP contribution in [0.3, 0.4) is 0 Å². The van der Waals surface area contributed by atoms with E-state index in [0.29, 0.717) is 5.75 Å². The molecule has 10 nitrogen and oxygen atoms in total. The van der Waals surface area contributed by atoms with Crippen LogP contribution in [0.5, 0.6) is 0 Å². The Balaban J connectivity index is 4.79. The molecule has 5 amide bonds. The van der Waals surface area contributed by atoms with Crippen molar-refractivity contribution in [1.29, 1.82) is 0 Å². The minimum Gasteiger partial charge on any atom is -0.368 e. The highest BCUT2D eigenvalue weighted by Gasteiger charge is 2.30. The highest BCUT2D eigenvalue weighted by atomic mass is 32.2. The second-order valence-electron chi connectivity index (χ2n) is 10.1. The maximum Gasteiger partial charge on any atom is 0.244 e. The molecule has 0 aromatic heterocycles. The van der Waals surface area contributed by atoms with Crippen molar-refractivity contribution in [2.45, 2.75) is 117 Å². The van der Waals surface area contributed by atoms with E-state index < -0.39 is 41.8 Å². The van der Waals surface area contributed by atoms with Gasteiger partial charge in [-0.05, 0) is 25.0 Å². The highest BCUT2D eigenvalue weighted by Crippen LogP contribution is 2.13. The average Bonchev–Trinajstić information content (AvgIpc) is 2.85. The molecule has 0 saturated heterocycles. The van der Waals surface area contributed by atoms with Crippen molar-refractivity contribution in [3.8, 4) is 0 Å². The molecule has 0 radical (unpaired) electrons. The van der Waals surface area contributed by atoms with E-state index in [2.05, 4.69) is 28.2 Å². The summed E-state index contributed by atoms with van der Waals surface area (Å²) < 4.78 is 0. The van der Waals surface area contributed by atoms with Crippen molar-refractivity contribution >= 4 is 41.3 Å². The average molecular weight is 558 g/mol. The van der Waals surface area contributed by atoms with Gasteiger partial charge in [-0.3, -0.25) is 24.0 Å². The first-order chi connectivity index (χ1) is 18.0. The molecule has 0 heterocycles. The van der Waals surface area contributed by atoms with Gasteiger partial charge < -0.3 is 27.0 Å². The van der Waals surface area contributed by atoms with Crippen molar-refractivity contribution in [2.75, 3.05) is 18.1 Å². The highest BCUT2D eigenvalue weighted by molar-refractivity contribution is 7.99. The fourth-order valence-electron chi connectivity index (χ4n) is 3.69. The lowest BCUT2D eigenvalue weighted by Gasteiger charge is -2.26. The number of primary amides is 1. The number of hydrogen-bond acceptors (Lipinski definition) is 6. The van der Waals surface area contributed by atoms with Crippen molar-refractivity contribution in [3.05, 3.63) is 0 Å². The van der Waals surface area contributed by atoms with E-state index in [0.717, 1.165) is 18.6 Å². The van der Waals surface area contributed by atoms with Gasteiger partial charge in [0.25, 0.3) is 0 Å². The first-order valence-electron chi connectivity index (χ1n) is 14.0. The summed E-state index contributed by atoms with van der Waals surface area (Å²) in [5, 5.41) is 10.3. The Morgan fingerprint density at radius 2 is 1.32 bits per heavy atom. The second kappa shape index (κ2) is 21.6. The Morgan fingerprint density at radius 1 is 0.763 bits per heavy atom. The molecule has 0 fully saturated rings. The zero-order valence-electron chi connectivity index (χ0n) is 24.0. The van der Waals surface area contributed by atoms with Gasteiger partial charge in [0.1, 0.15) is 18.1 Å². The number of carbonyl (C=O) groups excluding carboxylic acids is 5. The first-order valence-corrected chi connectivity index (χ1v) is 15.2. The minimum absolute atomic E-state index is 0.244. The summed E-state index contributed by atoms with van der Waals surface area (Å²) in [7, 11) is 0. The molecule has 6 N–H and O–H groups in total. The molecule has 0 aromatic rings. The van der Waals surface area contributed by atoms with Gasteiger partial charge in [0, 0.05) is 12.7 Å². The Morgan fingerprint density at radius 3 is 1.82 bits per heavy atom. The van der Waals surface area contributed by atoms with Crippen LogP contribution >= 0.6 is 11.8 Å². The summed E-state index contributed by atoms with van der Waals surface area (Å²) in [4.78, 5) is 60.5. The van der Waals surface area contributed by atoms with E-state index >= 15 is 0 Å². The van der Waals surface area contributed by atoms with Gasteiger partial charge in [0.05, 0.1) is 6.54 Å². The number of unbranched alkanes of at least 4 members (excludes halogenated alkanes) is 9. The van der Waals surface area contributed by atoms with Crippen LogP contribution in [-0.2, 0) is 24.0 Å². The van der Waals surface area contributed by atoms with Crippen LogP contribution in [0.25, 0.3) is 0 Å². The van der Waals surface area contributed by atoms with E-state index in [-0.39, 0.29) is 18.4 Å². The Hall–Kier alpha value is -2.30. The first kappa shape index (κ1) is 35.7. The maximum atomic E-state index is 13.1. The van der Waals surface area contributed by atoms with Gasteiger partial charge in [-0.2, -0.15) is 11.8 Å². The topological polar surface area (TPSA) is 159 Å². The van der Waals surface area contributed by atoms with Crippen molar-refractivity contribution in [1.82, 2.24) is 21.3 Å². The Bertz CT molecular complexity index is 735. The minimum atomic E-state index is -0.911. The third-order valence-corrected chi connectivity index (χ3v) is 7.26. The normalized spacial score (nSPS) is 13.3. The predicted molar refractivity (Wildman–Crippen MR) is 153 cm³/mol. The zero-order valence-corrected chi connectivity index (χ0v) is 24.8. The van der Waals surface area contributed by atoms with Gasteiger partial charge in [0.2, 0.25) is 29.5 Å². The third kappa shape index (κ3) is 18.0. The molecule has 3 atom stereocenters. The summed E-state index contributed by atoms with van der Waals surface area (Å²) in [6, 6.07) is -2.68. The van der Waals surface area contributed by atoms with E-state index in [1.54, 1.807) is 25.6 Å². The molecule has 0 aromatic carbocycles. The van der Waals surface area contributed by atoms with Gasteiger partial charge >= 0.3 is 0 Å². The lowest BCUT2D eigenvalue weighted by atomic mass is 10.0. The Labute approximate surface area is 233 Å². The number of hydrogen-bond donors (Lipinski definition) is 5. The molecule has 0 aliphatic rings. The van der Waals surface area contributed by atoms with E-state index in [1.807, 2.05) is 0 Å². The fourth-order valence-corrected chi connectivity index (χ4v) is 4.73. The largest absolute Gasteiger partial charge is 0.368 e.